The summed E-state index contributed by atoms with van der Waals surface area (Å²) in [5, 5.41) is 2.88. The largest absolute Gasteiger partial charge is 0.490 e. The summed E-state index contributed by atoms with van der Waals surface area (Å²) in [6, 6.07) is 11.8. The Balaban J connectivity index is 1.28. The van der Waals surface area contributed by atoms with Crippen LogP contribution in [0.2, 0.25) is 0 Å². The molecule has 2 N–H and O–H groups in total. The second-order valence-electron chi connectivity index (χ2n) is 15.2. The van der Waals surface area contributed by atoms with Crippen LogP contribution in [0, 0.1) is 30.6 Å². The zero-order chi connectivity index (χ0) is 33.6. The molecular weight excluding hydrogens is 625 g/mol. The number of aryl methyl sites for hydroxylation is 2. The maximum atomic E-state index is 14.3. The molecule has 1 spiro atoms. The fraction of sp³-hybridized carbons (Fsp3) is 0.579. The van der Waals surface area contributed by atoms with Gasteiger partial charge in [0.1, 0.15) is 15.7 Å². The Morgan fingerprint density at radius 2 is 2.00 bits per heavy atom. The molecule has 48 heavy (non-hydrogen) atoms. The summed E-state index contributed by atoms with van der Waals surface area (Å²) in [7, 11) is -1.64. The Bertz CT molecular complexity index is 1730. The smallest absolute Gasteiger partial charge is 0.327 e. The van der Waals surface area contributed by atoms with Crippen molar-refractivity contribution in [1.29, 1.82) is 0 Å². The van der Waals surface area contributed by atoms with Crippen LogP contribution in [-0.4, -0.2) is 60.9 Å². The van der Waals surface area contributed by atoms with E-state index in [4.69, 9.17) is 9.47 Å². The van der Waals surface area contributed by atoms with Crippen molar-refractivity contribution in [3.8, 4) is 5.75 Å². The standard InChI is InChI=1S/C38H50N4O5S/c1-24-10-14-31-27(17-24)8-6-16-38(31)22-42-20-29-11-13-30(29)34(46-4)9-5-7-25(2)21-48(45,41-37(44)39-32-18-26(32)3)40-36(43)28-12-15-35(47-23-38)33(42)19-28/h5,9-10,12,14-15,17,19,25-26,29-30,32,34H,6-8,11,13,16,18,20-23H2,1-4H3,(H2,39,40,41,43,44,45)/b9-5+/t25-,26+,29-,30+,32-,34-,38-,48?/m0/s1. The van der Waals surface area contributed by atoms with E-state index in [0.29, 0.717) is 36.3 Å². The zero-order valence-electron chi connectivity index (χ0n) is 28.7. The van der Waals surface area contributed by atoms with Gasteiger partial charge >= 0.3 is 6.03 Å². The molecule has 1 unspecified atom stereocenters. The van der Waals surface area contributed by atoms with Gasteiger partial charge in [-0.2, -0.15) is 0 Å². The Morgan fingerprint density at radius 1 is 1.17 bits per heavy atom. The van der Waals surface area contributed by atoms with Gasteiger partial charge in [0.05, 0.1) is 24.2 Å². The van der Waals surface area contributed by atoms with E-state index < -0.39 is 21.9 Å². The first-order valence-corrected chi connectivity index (χ1v) is 19.4. The second kappa shape index (κ2) is 13.2. The van der Waals surface area contributed by atoms with Crippen LogP contribution >= 0.6 is 0 Å². The summed E-state index contributed by atoms with van der Waals surface area (Å²) in [6.07, 6.45) is 11.2. The number of methoxy groups -OCH3 is 1. The Hall–Kier alpha value is -3.37. The molecule has 0 saturated heterocycles. The number of nitrogens with zero attached hydrogens (tertiary/aromatic N) is 2. The molecule has 9 nitrogen and oxygen atoms in total. The number of carbonyl (C=O) groups is 2. The lowest BCUT2D eigenvalue weighted by Gasteiger charge is -2.46. The van der Waals surface area contributed by atoms with E-state index >= 15 is 0 Å². The van der Waals surface area contributed by atoms with Gasteiger partial charge in [0.15, 0.2) is 0 Å². The molecule has 3 amide bonds. The summed E-state index contributed by atoms with van der Waals surface area (Å²) in [4.78, 5) is 29.2. The number of ether oxygens (including phenoxy) is 2. The van der Waals surface area contributed by atoms with Crippen LogP contribution in [0.3, 0.4) is 0 Å². The van der Waals surface area contributed by atoms with E-state index in [1.54, 1.807) is 13.2 Å². The van der Waals surface area contributed by atoms with Gasteiger partial charge in [0.2, 0.25) is 0 Å². The molecular formula is C38H50N4O5S. The molecule has 5 aliphatic rings. The van der Waals surface area contributed by atoms with Crippen molar-refractivity contribution in [2.24, 2.45) is 28.0 Å². The van der Waals surface area contributed by atoms with Crippen LogP contribution in [-0.2, 0) is 26.5 Å². The second-order valence-corrected chi connectivity index (χ2v) is 17.2. The van der Waals surface area contributed by atoms with Crippen molar-refractivity contribution in [3.05, 3.63) is 70.8 Å². The van der Waals surface area contributed by atoms with E-state index in [1.807, 2.05) is 19.1 Å². The first-order chi connectivity index (χ1) is 23.0. The highest BCUT2D eigenvalue weighted by Crippen LogP contribution is 2.47. The van der Waals surface area contributed by atoms with Gasteiger partial charge in [-0.1, -0.05) is 49.8 Å². The monoisotopic (exact) mass is 674 g/mol. The Morgan fingerprint density at radius 3 is 2.75 bits per heavy atom. The summed E-state index contributed by atoms with van der Waals surface area (Å²) in [5.41, 5.74) is 5.06. The lowest BCUT2D eigenvalue weighted by atomic mass is 9.68. The number of carbonyl (C=O) groups excluding carboxylic acids is 2. The van der Waals surface area contributed by atoms with Gasteiger partial charge in [-0.15, -0.1) is 4.36 Å². The minimum atomic E-state index is -3.42. The summed E-state index contributed by atoms with van der Waals surface area (Å²) < 4.78 is 33.9. The number of rotatable bonds is 3. The molecule has 258 valence electrons. The predicted molar refractivity (Wildman–Crippen MR) is 189 cm³/mol. The number of benzene rings is 2. The summed E-state index contributed by atoms with van der Waals surface area (Å²) in [6.45, 7) is 8.34. The van der Waals surface area contributed by atoms with Crippen molar-refractivity contribution in [2.75, 3.05) is 37.5 Å². The third-order valence-corrected chi connectivity index (χ3v) is 13.4. The molecule has 0 aromatic heterocycles. The first-order valence-electron chi connectivity index (χ1n) is 17.7. The third-order valence-electron chi connectivity index (χ3n) is 11.4. The highest BCUT2D eigenvalue weighted by atomic mass is 32.2. The molecule has 7 rings (SSSR count). The first kappa shape index (κ1) is 33.1. The van der Waals surface area contributed by atoms with Crippen LogP contribution in [0.4, 0.5) is 10.5 Å². The average Bonchev–Trinajstić information content (AvgIpc) is 3.75. The maximum Gasteiger partial charge on any atom is 0.327 e. The van der Waals surface area contributed by atoms with E-state index in [9.17, 15) is 13.8 Å². The maximum absolute atomic E-state index is 14.3. The molecule has 10 heteroatoms. The lowest BCUT2D eigenvalue weighted by Crippen LogP contribution is -2.49. The SMILES string of the molecule is CO[C@H]1/C=C/C[C@H](C)CS(=O)(NC(=O)N[C@H]2C[C@H]2C)=NC(=O)c2ccc3c(c2)N(C[C@@H]2CC[C@H]21)C[C@@]1(CCCc2cc(C)ccc21)CO3. The van der Waals surface area contributed by atoms with Crippen LogP contribution < -0.4 is 19.7 Å². The minimum absolute atomic E-state index is 0.0229. The average molecular weight is 675 g/mol. The molecule has 2 heterocycles. The lowest BCUT2D eigenvalue weighted by molar-refractivity contribution is 0.0131. The quantitative estimate of drug-likeness (QED) is 0.368. The fourth-order valence-corrected chi connectivity index (χ4v) is 10.2. The molecule has 0 radical (unpaired) electrons. The molecule has 2 bridgehead atoms. The number of hydrogen-bond acceptors (Lipinski definition) is 6. The number of amides is 3. The summed E-state index contributed by atoms with van der Waals surface area (Å²) >= 11 is 0. The molecule has 2 aromatic rings. The fourth-order valence-electron chi connectivity index (χ4n) is 8.39. The van der Waals surface area contributed by atoms with Gasteiger partial charge in [-0.25, -0.2) is 9.00 Å². The topological polar surface area (TPSA) is 109 Å². The predicted octanol–water partition coefficient (Wildman–Crippen LogP) is 6.34. The van der Waals surface area contributed by atoms with Crippen molar-refractivity contribution in [1.82, 2.24) is 10.0 Å². The van der Waals surface area contributed by atoms with Gasteiger partial charge in [0.25, 0.3) is 5.91 Å². The van der Waals surface area contributed by atoms with Gasteiger partial charge in [-0.05, 0) is 105 Å². The van der Waals surface area contributed by atoms with Crippen LogP contribution in [0.5, 0.6) is 5.75 Å². The number of hydrogen-bond donors (Lipinski definition) is 2. The number of allylic oxidation sites excluding steroid dienone is 1. The van der Waals surface area contributed by atoms with Crippen LogP contribution in [0.25, 0.3) is 0 Å². The number of nitrogens with one attached hydrogen (secondary N) is 2. The molecule has 2 fully saturated rings. The van der Waals surface area contributed by atoms with Crippen molar-refractivity contribution in [3.63, 3.8) is 0 Å². The van der Waals surface area contributed by atoms with Crippen LogP contribution in [0.1, 0.15) is 79.4 Å². The van der Waals surface area contributed by atoms with Crippen molar-refractivity contribution in [2.45, 2.75) is 83.3 Å². The minimum Gasteiger partial charge on any atom is -0.490 e. The molecule has 3 aliphatic carbocycles. The van der Waals surface area contributed by atoms with E-state index in [1.165, 1.54) is 16.7 Å². The molecule has 8 atom stereocenters. The van der Waals surface area contributed by atoms with Gasteiger partial charge in [-0.3, -0.25) is 9.52 Å². The summed E-state index contributed by atoms with van der Waals surface area (Å²) in [5.74, 6) is 1.29. The normalized spacial score (nSPS) is 35.1. The molecule has 2 aromatic carbocycles. The van der Waals surface area contributed by atoms with Crippen LogP contribution in [0.15, 0.2) is 52.9 Å². The molecule has 2 saturated carbocycles. The number of urea groups is 1. The Kier molecular flexibility index (Phi) is 9.08. The van der Waals surface area contributed by atoms with Crippen molar-refractivity contribution < 1.29 is 23.3 Å². The highest BCUT2D eigenvalue weighted by Gasteiger charge is 2.44. The molecule has 2 aliphatic heterocycles. The van der Waals surface area contributed by atoms with E-state index in [2.05, 4.69) is 63.5 Å². The van der Waals surface area contributed by atoms with E-state index in [-0.39, 0.29) is 29.2 Å². The number of fused-ring (bicyclic) bond motifs is 4. The highest BCUT2D eigenvalue weighted by molar-refractivity contribution is 7.92. The third kappa shape index (κ3) is 6.75. The van der Waals surface area contributed by atoms with Gasteiger partial charge < -0.3 is 19.7 Å². The Labute approximate surface area is 285 Å². The van der Waals surface area contributed by atoms with Crippen molar-refractivity contribution >= 4 is 27.5 Å². The number of anilines is 1. The van der Waals surface area contributed by atoms with Gasteiger partial charge in [0, 0.05) is 37.2 Å². The zero-order valence-corrected chi connectivity index (χ0v) is 29.5. The van der Waals surface area contributed by atoms with E-state index in [0.717, 1.165) is 63.1 Å².